The van der Waals surface area contributed by atoms with Crippen LogP contribution in [0.1, 0.15) is 44.2 Å². The molecule has 1 fully saturated rings. The van der Waals surface area contributed by atoms with Crippen LogP contribution in [0.5, 0.6) is 0 Å². The summed E-state index contributed by atoms with van der Waals surface area (Å²) in [6, 6.07) is 7.63. The fraction of sp³-hybridized carbons (Fsp3) is 0.562. The van der Waals surface area contributed by atoms with Crippen LogP contribution in [0, 0.1) is 11.8 Å². The van der Waals surface area contributed by atoms with Crippen LogP contribution < -0.4 is 11.1 Å². The van der Waals surface area contributed by atoms with Gasteiger partial charge in [-0.05, 0) is 62.8 Å². The van der Waals surface area contributed by atoms with Gasteiger partial charge in [0.25, 0.3) is 0 Å². The molecule has 20 heavy (non-hydrogen) atoms. The summed E-state index contributed by atoms with van der Waals surface area (Å²) in [5, 5.41) is 3.80. The molecule has 0 heterocycles. The van der Waals surface area contributed by atoms with Crippen molar-refractivity contribution in [2.24, 2.45) is 17.6 Å². The van der Waals surface area contributed by atoms with Crippen molar-refractivity contribution in [2.45, 2.75) is 38.6 Å². The fourth-order valence-corrected chi connectivity index (χ4v) is 3.05. The highest BCUT2D eigenvalue weighted by molar-refractivity contribution is 6.30. The third kappa shape index (κ3) is 3.97. The number of amides is 1. The summed E-state index contributed by atoms with van der Waals surface area (Å²) in [4.78, 5) is 12.3. The second kappa shape index (κ2) is 7.09. The lowest BCUT2D eigenvalue weighted by Gasteiger charge is -2.28. The third-order valence-corrected chi connectivity index (χ3v) is 4.49. The summed E-state index contributed by atoms with van der Waals surface area (Å²) in [6.07, 6.45) is 4.05. The monoisotopic (exact) mass is 294 g/mol. The van der Waals surface area contributed by atoms with Gasteiger partial charge in [0, 0.05) is 10.9 Å². The molecular formula is C16H23ClN2O. The SMILES string of the molecule is C[C@H](NC(=O)C1CCC(CN)CC1)c1cccc(Cl)c1. The van der Waals surface area contributed by atoms with Crippen molar-refractivity contribution >= 4 is 17.5 Å². The van der Waals surface area contributed by atoms with Crippen molar-refractivity contribution in [3.63, 3.8) is 0 Å². The van der Waals surface area contributed by atoms with Crippen LogP contribution in [0.4, 0.5) is 0 Å². The molecule has 0 bridgehead atoms. The molecule has 3 N–H and O–H groups in total. The number of hydrogen-bond donors (Lipinski definition) is 2. The molecule has 1 amide bonds. The first-order valence-electron chi connectivity index (χ1n) is 7.36. The van der Waals surface area contributed by atoms with Gasteiger partial charge >= 0.3 is 0 Å². The van der Waals surface area contributed by atoms with E-state index in [-0.39, 0.29) is 17.9 Å². The van der Waals surface area contributed by atoms with Gasteiger partial charge < -0.3 is 11.1 Å². The molecule has 1 aromatic carbocycles. The summed E-state index contributed by atoms with van der Waals surface area (Å²) >= 11 is 5.98. The molecule has 0 aromatic heterocycles. The Labute approximate surface area is 125 Å². The lowest BCUT2D eigenvalue weighted by Crippen LogP contribution is -2.35. The highest BCUT2D eigenvalue weighted by Gasteiger charge is 2.26. The molecule has 3 nitrogen and oxygen atoms in total. The molecule has 2 rings (SSSR count). The van der Waals surface area contributed by atoms with Gasteiger partial charge in [-0.25, -0.2) is 0 Å². The number of halogens is 1. The van der Waals surface area contributed by atoms with Gasteiger partial charge in [0.2, 0.25) is 5.91 Å². The van der Waals surface area contributed by atoms with Gasteiger partial charge in [-0.15, -0.1) is 0 Å². The number of carbonyl (C=O) groups is 1. The van der Waals surface area contributed by atoms with Crippen LogP contribution in [0.25, 0.3) is 0 Å². The topological polar surface area (TPSA) is 55.1 Å². The van der Waals surface area contributed by atoms with E-state index in [2.05, 4.69) is 5.32 Å². The number of rotatable bonds is 4. The second-order valence-corrected chi connectivity index (χ2v) is 6.18. The van der Waals surface area contributed by atoms with Crippen LogP contribution in [-0.2, 0) is 4.79 Å². The molecule has 0 spiro atoms. The van der Waals surface area contributed by atoms with E-state index >= 15 is 0 Å². The predicted molar refractivity (Wildman–Crippen MR) is 82.5 cm³/mol. The van der Waals surface area contributed by atoms with E-state index in [4.69, 9.17) is 17.3 Å². The Morgan fingerprint density at radius 3 is 2.70 bits per heavy atom. The molecule has 1 aliphatic rings. The van der Waals surface area contributed by atoms with Crippen molar-refractivity contribution in [1.82, 2.24) is 5.32 Å². The maximum absolute atomic E-state index is 12.3. The molecule has 0 unspecified atom stereocenters. The maximum atomic E-state index is 12.3. The fourth-order valence-electron chi connectivity index (χ4n) is 2.85. The largest absolute Gasteiger partial charge is 0.349 e. The first kappa shape index (κ1) is 15.3. The molecule has 1 saturated carbocycles. The van der Waals surface area contributed by atoms with E-state index in [1.54, 1.807) is 0 Å². The highest BCUT2D eigenvalue weighted by atomic mass is 35.5. The number of hydrogen-bond acceptors (Lipinski definition) is 2. The van der Waals surface area contributed by atoms with Gasteiger partial charge in [0.15, 0.2) is 0 Å². The molecule has 1 atom stereocenters. The quantitative estimate of drug-likeness (QED) is 0.895. The average molecular weight is 295 g/mol. The third-order valence-electron chi connectivity index (χ3n) is 4.26. The first-order chi connectivity index (χ1) is 9.60. The van der Waals surface area contributed by atoms with Crippen LogP contribution in [0.15, 0.2) is 24.3 Å². The second-order valence-electron chi connectivity index (χ2n) is 5.74. The zero-order chi connectivity index (χ0) is 14.5. The molecule has 1 aliphatic carbocycles. The van der Waals surface area contributed by atoms with Crippen LogP contribution in [0.2, 0.25) is 5.02 Å². The smallest absolute Gasteiger partial charge is 0.223 e. The van der Waals surface area contributed by atoms with Crippen LogP contribution in [-0.4, -0.2) is 12.5 Å². The first-order valence-corrected chi connectivity index (χ1v) is 7.74. The van der Waals surface area contributed by atoms with E-state index in [0.717, 1.165) is 37.8 Å². The van der Waals surface area contributed by atoms with E-state index in [1.165, 1.54) is 0 Å². The van der Waals surface area contributed by atoms with Crippen molar-refractivity contribution in [3.05, 3.63) is 34.9 Å². The summed E-state index contributed by atoms with van der Waals surface area (Å²) in [7, 11) is 0. The predicted octanol–water partition coefficient (Wildman–Crippen LogP) is 3.28. The van der Waals surface area contributed by atoms with Gasteiger partial charge in [0.1, 0.15) is 0 Å². The molecule has 0 aliphatic heterocycles. The summed E-state index contributed by atoms with van der Waals surface area (Å²) < 4.78 is 0. The zero-order valence-corrected chi connectivity index (χ0v) is 12.7. The lowest BCUT2D eigenvalue weighted by molar-refractivity contribution is -0.126. The molecule has 0 saturated heterocycles. The lowest BCUT2D eigenvalue weighted by atomic mass is 9.81. The number of benzene rings is 1. The minimum atomic E-state index is -0.00608. The number of nitrogens with two attached hydrogens (primary N) is 1. The van der Waals surface area contributed by atoms with Crippen LogP contribution >= 0.6 is 11.6 Å². The van der Waals surface area contributed by atoms with Crippen molar-refractivity contribution in [1.29, 1.82) is 0 Å². The van der Waals surface area contributed by atoms with Gasteiger partial charge in [0.05, 0.1) is 6.04 Å². The molecule has 1 aromatic rings. The maximum Gasteiger partial charge on any atom is 0.223 e. The minimum absolute atomic E-state index is 0.00608. The highest BCUT2D eigenvalue weighted by Crippen LogP contribution is 2.29. The molecule has 110 valence electrons. The van der Waals surface area contributed by atoms with E-state index < -0.39 is 0 Å². The van der Waals surface area contributed by atoms with Crippen LogP contribution in [0.3, 0.4) is 0 Å². The van der Waals surface area contributed by atoms with Gasteiger partial charge in [-0.3, -0.25) is 4.79 Å². The normalized spacial score (nSPS) is 24.1. The Kier molecular flexibility index (Phi) is 5.44. The summed E-state index contributed by atoms with van der Waals surface area (Å²) in [6.45, 7) is 2.74. The minimum Gasteiger partial charge on any atom is -0.349 e. The zero-order valence-electron chi connectivity index (χ0n) is 11.9. The van der Waals surface area contributed by atoms with E-state index in [9.17, 15) is 4.79 Å². The van der Waals surface area contributed by atoms with Crippen molar-refractivity contribution < 1.29 is 4.79 Å². The standard InChI is InChI=1S/C16H23ClN2O/c1-11(14-3-2-4-15(17)9-14)19-16(20)13-7-5-12(10-18)6-8-13/h2-4,9,11-13H,5-8,10,18H2,1H3,(H,19,20)/t11-,12?,13?/m0/s1. The Balaban J connectivity index is 1.88. The van der Waals surface area contributed by atoms with Crippen molar-refractivity contribution in [2.75, 3.05) is 6.54 Å². The number of carbonyl (C=O) groups excluding carboxylic acids is 1. The van der Waals surface area contributed by atoms with Gasteiger partial charge in [-0.2, -0.15) is 0 Å². The number of nitrogens with one attached hydrogen (secondary N) is 1. The molecule has 0 radical (unpaired) electrons. The van der Waals surface area contributed by atoms with E-state index in [1.807, 2.05) is 31.2 Å². The Bertz CT molecular complexity index is 456. The van der Waals surface area contributed by atoms with Crippen molar-refractivity contribution in [3.8, 4) is 0 Å². The summed E-state index contributed by atoms with van der Waals surface area (Å²) in [5.74, 6) is 0.900. The molecule has 4 heteroatoms. The Morgan fingerprint density at radius 2 is 2.10 bits per heavy atom. The summed E-state index contributed by atoms with van der Waals surface area (Å²) in [5.41, 5.74) is 6.73. The Morgan fingerprint density at radius 1 is 1.40 bits per heavy atom. The molecular weight excluding hydrogens is 272 g/mol. The van der Waals surface area contributed by atoms with Gasteiger partial charge in [-0.1, -0.05) is 23.7 Å². The van der Waals surface area contributed by atoms with E-state index in [0.29, 0.717) is 10.9 Å². The Hall–Kier alpha value is -1.06. The average Bonchev–Trinajstić information content (AvgIpc) is 2.47.